The molecule has 0 fully saturated rings. The van der Waals surface area contributed by atoms with Gasteiger partial charge in [-0.05, 0) is 42.3 Å². The minimum Gasteiger partial charge on any atom is -0.324 e. The number of aromatic nitrogens is 1. The molecule has 0 aliphatic heterocycles. The number of aryl methyl sites for hydroxylation is 1. The van der Waals surface area contributed by atoms with E-state index in [9.17, 15) is 13.2 Å². The zero-order chi connectivity index (χ0) is 21.0. The van der Waals surface area contributed by atoms with Gasteiger partial charge in [-0.1, -0.05) is 44.2 Å². The third-order valence-corrected chi connectivity index (χ3v) is 5.78. The van der Waals surface area contributed by atoms with Gasteiger partial charge in [0.2, 0.25) is 5.91 Å². The SMILES string of the molecule is Cc1ccc(-c2cncc(NC(=O)C(C)C)c2)cc1NS(=O)(=O)c1ccccc1. The molecule has 150 valence electrons. The van der Waals surface area contributed by atoms with Crippen molar-refractivity contribution in [2.24, 2.45) is 5.92 Å². The average molecular weight is 410 g/mol. The third-order valence-electron chi connectivity index (χ3n) is 4.40. The molecule has 2 aromatic carbocycles. The smallest absolute Gasteiger partial charge is 0.261 e. The second-order valence-corrected chi connectivity index (χ2v) is 8.74. The molecule has 0 unspecified atom stereocenters. The summed E-state index contributed by atoms with van der Waals surface area (Å²) in [6, 6.07) is 15.5. The van der Waals surface area contributed by atoms with Gasteiger partial charge in [-0.2, -0.15) is 0 Å². The van der Waals surface area contributed by atoms with Crippen LogP contribution < -0.4 is 10.0 Å². The number of nitrogens with zero attached hydrogens (tertiary/aromatic N) is 1. The van der Waals surface area contributed by atoms with E-state index in [-0.39, 0.29) is 16.7 Å². The number of carbonyl (C=O) groups excluding carboxylic acids is 1. The van der Waals surface area contributed by atoms with Crippen molar-refractivity contribution in [2.45, 2.75) is 25.7 Å². The van der Waals surface area contributed by atoms with Crippen LogP contribution in [0.3, 0.4) is 0 Å². The number of benzene rings is 2. The number of hydrogen-bond donors (Lipinski definition) is 2. The summed E-state index contributed by atoms with van der Waals surface area (Å²) in [5.74, 6) is -0.235. The standard InChI is InChI=1S/C22H23N3O3S/c1-15(2)22(26)24-19-11-18(13-23-14-19)17-10-9-16(3)21(12-17)25-29(27,28)20-7-5-4-6-8-20/h4-15,25H,1-3H3,(H,24,26). The number of pyridine rings is 1. The Balaban J connectivity index is 1.91. The fourth-order valence-corrected chi connectivity index (χ4v) is 3.81. The quantitative estimate of drug-likeness (QED) is 0.629. The van der Waals surface area contributed by atoms with E-state index in [0.717, 1.165) is 16.7 Å². The van der Waals surface area contributed by atoms with E-state index in [1.165, 1.54) is 0 Å². The van der Waals surface area contributed by atoms with Gasteiger partial charge in [-0.25, -0.2) is 8.42 Å². The minimum absolute atomic E-state index is 0.0934. The topological polar surface area (TPSA) is 88.2 Å². The van der Waals surface area contributed by atoms with Crippen molar-refractivity contribution >= 4 is 27.3 Å². The summed E-state index contributed by atoms with van der Waals surface area (Å²) in [5, 5.41) is 2.82. The van der Waals surface area contributed by atoms with E-state index >= 15 is 0 Å². The first kappa shape index (κ1) is 20.5. The van der Waals surface area contributed by atoms with Crippen molar-refractivity contribution in [3.8, 4) is 11.1 Å². The Hall–Kier alpha value is -3.19. The molecule has 0 aliphatic rings. The Kier molecular flexibility index (Phi) is 5.98. The molecule has 2 N–H and O–H groups in total. The van der Waals surface area contributed by atoms with Crippen molar-refractivity contribution < 1.29 is 13.2 Å². The fraction of sp³-hybridized carbons (Fsp3) is 0.182. The average Bonchev–Trinajstić information content (AvgIpc) is 2.70. The Bertz CT molecular complexity index is 1130. The summed E-state index contributed by atoms with van der Waals surface area (Å²) in [5.41, 5.74) is 3.43. The molecule has 0 spiro atoms. The highest BCUT2D eigenvalue weighted by Gasteiger charge is 2.15. The molecule has 1 heterocycles. The minimum atomic E-state index is -3.69. The Labute approximate surface area is 171 Å². The summed E-state index contributed by atoms with van der Waals surface area (Å²) in [6.45, 7) is 5.47. The van der Waals surface area contributed by atoms with Crippen LogP contribution in [0.2, 0.25) is 0 Å². The largest absolute Gasteiger partial charge is 0.324 e. The Morgan fingerprint density at radius 3 is 2.38 bits per heavy atom. The number of nitrogens with one attached hydrogen (secondary N) is 2. The highest BCUT2D eigenvalue weighted by atomic mass is 32.2. The molecule has 1 aromatic heterocycles. The van der Waals surface area contributed by atoms with Crippen LogP contribution in [0.15, 0.2) is 71.9 Å². The van der Waals surface area contributed by atoms with E-state index in [1.54, 1.807) is 48.8 Å². The lowest BCUT2D eigenvalue weighted by Gasteiger charge is -2.13. The van der Waals surface area contributed by atoms with Gasteiger partial charge in [-0.3, -0.25) is 14.5 Å². The number of sulfonamides is 1. The maximum atomic E-state index is 12.7. The van der Waals surface area contributed by atoms with Crippen molar-refractivity contribution in [2.75, 3.05) is 10.0 Å². The molecule has 0 saturated carbocycles. The van der Waals surface area contributed by atoms with Crippen LogP contribution in [0.4, 0.5) is 11.4 Å². The molecule has 0 bridgehead atoms. The molecule has 29 heavy (non-hydrogen) atoms. The van der Waals surface area contributed by atoms with Gasteiger partial charge in [0.25, 0.3) is 10.0 Å². The summed E-state index contributed by atoms with van der Waals surface area (Å²) in [6.07, 6.45) is 3.25. The van der Waals surface area contributed by atoms with Crippen molar-refractivity contribution in [1.82, 2.24) is 4.98 Å². The van der Waals surface area contributed by atoms with Crippen LogP contribution in [-0.2, 0) is 14.8 Å². The number of hydrogen-bond acceptors (Lipinski definition) is 4. The lowest BCUT2D eigenvalue weighted by Crippen LogP contribution is -2.17. The molecule has 0 saturated heterocycles. The van der Waals surface area contributed by atoms with E-state index in [0.29, 0.717) is 11.4 Å². The molecule has 1 amide bonds. The van der Waals surface area contributed by atoms with Crippen molar-refractivity contribution in [3.05, 3.63) is 72.6 Å². The molecule has 7 heteroatoms. The maximum absolute atomic E-state index is 12.7. The summed E-state index contributed by atoms with van der Waals surface area (Å²) in [4.78, 5) is 16.3. The predicted octanol–water partition coefficient (Wildman–Crippen LogP) is 4.45. The number of carbonyl (C=O) groups is 1. The van der Waals surface area contributed by atoms with E-state index < -0.39 is 10.0 Å². The third kappa shape index (κ3) is 5.00. The monoisotopic (exact) mass is 409 g/mol. The Morgan fingerprint density at radius 2 is 1.69 bits per heavy atom. The zero-order valence-corrected chi connectivity index (χ0v) is 17.3. The molecule has 0 radical (unpaired) electrons. The molecular weight excluding hydrogens is 386 g/mol. The normalized spacial score (nSPS) is 11.3. The highest BCUT2D eigenvalue weighted by molar-refractivity contribution is 7.92. The molecule has 3 aromatic rings. The van der Waals surface area contributed by atoms with Gasteiger partial charge in [0.1, 0.15) is 0 Å². The molecule has 0 aliphatic carbocycles. The number of anilines is 2. The van der Waals surface area contributed by atoms with E-state index in [2.05, 4.69) is 15.0 Å². The van der Waals surface area contributed by atoms with E-state index in [4.69, 9.17) is 0 Å². The lowest BCUT2D eigenvalue weighted by atomic mass is 10.0. The number of rotatable bonds is 6. The lowest BCUT2D eigenvalue weighted by molar-refractivity contribution is -0.118. The summed E-state index contributed by atoms with van der Waals surface area (Å²) >= 11 is 0. The van der Waals surface area contributed by atoms with Gasteiger partial charge in [0, 0.05) is 17.7 Å². The van der Waals surface area contributed by atoms with Crippen molar-refractivity contribution in [3.63, 3.8) is 0 Å². The first-order chi connectivity index (χ1) is 13.8. The van der Waals surface area contributed by atoms with Crippen LogP contribution in [0.25, 0.3) is 11.1 Å². The summed E-state index contributed by atoms with van der Waals surface area (Å²) < 4.78 is 28.0. The van der Waals surface area contributed by atoms with Crippen LogP contribution >= 0.6 is 0 Å². The maximum Gasteiger partial charge on any atom is 0.261 e. The van der Waals surface area contributed by atoms with Crippen LogP contribution in [0, 0.1) is 12.8 Å². The molecular formula is C22H23N3O3S. The first-order valence-electron chi connectivity index (χ1n) is 9.21. The van der Waals surface area contributed by atoms with Gasteiger partial charge in [0.15, 0.2) is 0 Å². The number of amides is 1. The van der Waals surface area contributed by atoms with Gasteiger partial charge in [-0.15, -0.1) is 0 Å². The first-order valence-corrected chi connectivity index (χ1v) is 10.7. The zero-order valence-electron chi connectivity index (χ0n) is 16.5. The van der Waals surface area contributed by atoms with Crippen LogP contribution in [0.5, 0.6) is 0 Å². The van der Waals surface area contributed by atoms with Gasteiger partial charge in [0.05, 0.1) is 22.5 Å². The van der Waals surface area contributed by atoms with Crippen LogP contribution in [0.1, 0.15) is 19.4 Å². The predicted molar refractivity (Wildman–Crippen MR) is 115 cm³/mol. The summed E-state index contributed by atoms with van der Waals surface area (Å²) in [7, 11) is -3.69. The Morgan fingerprint density at radius 1 is 0.966 bits per heavy atom. The second kappa shape index (κ2) is 8.45. The van der Waals surface area contributed by atoms with Crippen molar-refractivity contribution in [1.29, 1.82) is 0 Å². The van der Waals surface area contributed by atoms with Gasteiger partial charge < -0.3 is 5.32 Å². The van der Waals surface area contributed by atoms with Gasteiger partial charge >= 0.3 is 0 Å². The highest BCUT2D eigenvalue weighted by Crippen LogP contribution is 2.28. The molecule has 6 nitrogen and oxygen atoms in total. The fourth-order valence-electron chi connectivity index (χ4n) is 2.67. The second-order valence-electron chi connectivity index (χ2n) is 7.05. The van der Waals surface area contributed by atoms with E-state index in [1.807, 2.05) is 39.0 Å². The molecule has 0 atom stereocenters. The molecule has 3 rings (SSSR count). The van der Waals surface area contributed by atoms with Crippen LogP contribution in [-0.4, -0.2) is 19.3 Å².